The topological polar surface area (TPSA) is 96.5 Å². The van der Waals surface area contributed by atoms with Crippen LogP contribution in [-0.2, 0) is 10.0 Å². The third-order valence-corrected chi connectivity index (χ3v) is 5.52. The summed E-state index contributed by atoms with van der Waals surface area (Å²) in [6.45, 7) is 3.63. The first-order chi connectivity index (χ1) is 9.38. The number of rotatable bonds is 7. The summed E-state index contributed by atoms with van der Waals surface area (Å²) < 4.78 is 27.3. The number of pyridine rings is 1. The van der Waals surface area contributed by atoms with E-state index in [-0.39, 0.29) is 29.9 Å². The molecule has 0 fully saturated rings. The molecule has 8 heteroatoms. The largest absolute Gasteiger partial charge is 0.395 e. The van der Waals surface area contributed by atoms with Crippen molar-refractivity contribution in [2.24, 2.45) is 0 Å². The number of anilines is 1. The van der Waals surface area contributed by atoms with Crippen LogP contribution in [0.5, 0.6) is 0 Å². The van der Waals surface area contributed by atoms with Crippen LogP contribution in [0.1, 0.15) is 26.7 Å². The lowest BCUT2D eigenvalue weighted by atomic mass is 10.2. The van der Waals surface area contributed by atoms with Crippen LogP contribution in [0.15, 0.2) is 21.6 Å². The maximum Gasteiger partial charge on any atom is 0.247 e. The second-order valence-corrected chi connectivity index (χ2v) is 7.12. The van der Waals surface area contributed by atoms with E-state index in [4.69, 9.17) is 10.8 Å². The van der Waals surface area contributed by atoms with Crippen molar-refractivity contribution in [2.45, 2.75) is 37.6 Å². The van der Waals surface area contributed by atoms with Gasteiger partial charge in [-0.3, -0.25) is 0 Å². The fourth-order valence-corrected chi connectivity index (χ4v) is 4.40. The summed E-state index contributed by atoms with van der Waals surface area (Å²) in [6.07, 6.45) is 2.77. The van der Waals surface area contributed by atoms with Gasteiger partial charge in [-0.25, -0.2) is 13.4 Å². The molecule has 1 aromatic rings. The first-order valence-electron chi connectivity index (χ1n) is 6.42. The Bertz CT molecular complexity index is 547. The molecule has 0 amide bonds. The Morgan fingerprint density at radius 2 is 2.05 bits per heavy atom. The Morgan fingerprint density at radius 1 is 1.45 bits per heavy atom. The fourth-order valence-electron chi connectivity index (χ4n) is 2.06. The second kappa shape index (κ2) is 7.35. The van der Waals surface area contributed by atoms with Crippen molar-refractivity contribution in [3.8, 4) is 0 Å². The van der Waals surface area contributed by atoms with Crippen molar-refractivity contribution in [3.63, 3.8) is 0 Å². The molecule has 6 nitrogen and oxygen atoms in total. The molecule has 0 aliphatic carbocycles. The Hall–Kier alpha value is -0.700. The Balaban J connectivity index is 3.32. The molecule has 0 radical (unpaired) electrons. The predicted molar refractivity (Wildman–Crippen MR) is 81.7 cm³/mol. The lowest BCUT2D eigenvalue weighted by molar-refractivity contribution is 0.219. The standard InChI is InChI=1S/C12H20BrN3O3S/c1-3-10(4-2)16(5-6-17)20(18,19)11-7-9(13)8-15-12(11)14/h7-8,10,17H,3-6H2,1-2H3,(H2,14,15). The van der Waals surface area contributed by atoms with Gasteiger partial charge in [0.2, 0.25) is 10.0 Å². The van der Waals surface area contributed by atoms with Gasteiger partial charge in [-0.15, -0.1) is 0 Å². The molecule has 0 bridgehead atoms. The molecular formula is C12H20BrN3O3S. The number of aliphatic hydroxyl groups excluding tert-OH is 1. The average molecular weight is 366 g/mol. The zero-order valence-electron chi connectivity index (χ0n) is 11.6. The molecule has 1 heterocycles. The summed E-state index contributed by atoms with van der Waals surface area (Å²) in [5, 5.41) is 9.15. The quantitative estimate of drug-likeness (QED) is 0.764. The number of hydrogen-bond donors (Lipinski definition) is 2. The number of halogens is 1. The zero-order chi connectivity index (χ0) is 15.3. The number of aliphatic hydroxyl groups is 1. The van der Waals surface area contributed by atoms with E-state index in [1.807, 2.05) is 13.8 Å². The van der Waals surface area contributed by atoms with Gasteiger partial charge in [0.1, 0.15) is 10.7 Å². The molecule has 20 heavy (non-hydrogen) atoms. The summed E-state index contributed by atoms with van der Waals surface area (Å²) in [5.74, 6) is -0.0397. The highest BCUT2D eigenvalue weighted by atomic mass is 79.9. The van der Waals surface area contributed by atoms with Crippen molar-refractivity contribution in [3.05, 3.63) is 16.7 Å². The molecule has 114 valence electrons. The van der Waals surface area contributed by atoms with Crippen molar-refractivity contribution in [2.75, 3.05) is 18.9 Å². The molecule has 0 atom stereocenters. The highest BCUT2D eigenvalue weighted by Gasteiger charge is 2.31. The number of nitrogens with zero attached hydrogens (tertiary/aromatic N) is 2. The van der Waals surface area contributed by atoms with Crippen LogP contribution in [-0.4, -0.2) is 42.0 Å². The smallest absolute Gasteiger partial charge is 0.247 e. The lowest BCUT2D eigenvalue weighted by Crippen LogP contribution is -2.41. The molecule has 3 N–H and O–H groups in total. The molecule has 0 saturated carbocycles. The fraction of sp³-hybridized carbons (Fsp3) is 0.583. The minimum atomic E-state index is -3.78. The van der Waals surface area contributed by atoms with E-state index < -0.39 is 10.0 Å². The van der Waals surface area contributed by atoms with E-state index in [1.165, 1.54) is 16.6 Å². The molecule has 0 aliphatic rings. The summed E-state index contributed by atoms with van der Waals surface area (Å²) >= 11 is 3.20. The Kier molecular flexibility index (Phi) is 6.38. The molecular weight excluding hydrogens is 346 g/mol. The monoisotopic (exact) mass is 365 g/mol. The highest BCUT2D eigenvalue weighted by Crippen LogP contribution is 2.26. The van der Waals surface area contributed by atoms with Crippen LogP contribution in [0, 0.1) is 0 Å². The minimum Gasteiger partial charge on any atom is -0.395 e. The van der Waals surface area contributed by atoms with Crippen LogP contribution in [0.25, 0.3) is 0 Å². The lowest BCUT2D eigenvalue weighted by Gasteiger charge is -2.29. The summed E-state index contributed by atoms with van der Waals surface area (Å²) in [7, 11) is -3.78. The van der Waals surface area contributed by atoms with Crippen LogP contribution < -0.4 is 5.73 Å². The summed E-state index contributed by atoms with van der Waals surface area (Å²) in [6, 6.07) is 1.26. The van der Waals surface area contributed by atoms with Gasteiger partial charge in [-0.05, 0) is 34.8 Å². The molecule has 0 spiro atoms. The van der Waals surface area contributed by atoms with E-state index in [0.29, 0.717) is 17.3 Å². The van der Waals surface area contributed by atoms with Crippen LogP contribution in [0.2, 0.25) is 0 Å². The van der Waals surface area contributed by atoms with Crippen LogP contribution in [0.4, 0.5) is 5.82 Å². The Morgan fingerprint density at radius 3 is 2.55 bits per heavy atom. The van der Waals surface area contributed by atoms with E-state index in [0.717, 1.165) is 0 Å². The highest BCUT2D eigenvalue weighted by molar-refractivity contribution is 9.10. The van der Waals surface area contributed by atoms with Gasteiger partial charge in [0.05, 0.1) is 6.61 Å². The predicted octanol–water partition coefficient (Wildman–Crippen LogP) is 1.60. The maximum atomic E-state index is 12.7. The van der Waals surface area contributed by atoms with E-state index in [2.05, 4.69) is 20.9 Å². The normalized spacial score (nSPS) is 12.3. The molecule has 0 aromatic carbocycles. The molecule has 0 unspecified atom stereocenters. The number of nitrogen functional groups attached to an aromatic ring is 1. The van der Waals surface area contributed by atoms with Gasteiger partial charge in [0.15, 0.2) is 0 Å². The minimum absolute atomic E-state index is 0.0350. The van der Waals surface area contributed by atoms with E-state index >= 15 is 0 Å². The SMILES string of the molecule is CCC(CC)N(CCO)S(=O)(=O)c1cc(Br)cnc1N. The molecule has 1 aromatic heterocycles. The van der Waals surface area contributed by atoms with Gasteiger partial charge in [0.25, 0.3) is 0 Å². The summed E-state index contributed by atoms with van der Waals surface area (Å²) in [4.78, 5) is 3.83. The van der Waals surface area contributed by atoms with E-state index in [1.54, 1.807) is 0 Å². The van der Waals surface area contributed by atoms with E-state index in [9.17, 15) is 8.42 Å². The number of hydrogen-bond acceptors (Lipinski definition) is 5. The zero-order valence-corrected chi connectivity index (χ0v) is 14.0. The molecule has 1 rings (SSSR count). The third-order valence-electron chi connectivity index (χ3n) is 3.11. The number of nitrogens with two attached hydrogens (primary N) is 1. The van der Waals surface area contributed by atoms with Crippen LogP contribution >= 0.6 is 15.9 Å². The number of aromatic nitrogens is 1. The third kappa shape index (κ3) is 3.69. The van der Waals surface area contributed by atoms with Gasteiger partial charge in [-0.1, -0.05) is 13.8 Å². The van der Waals surface area contributed by atoms with Crippen LogP contribution in [0.3, 0.4) is 0 Å². The van der Waals surface area contributed by atoms with Crippen molar-refractivity contribution >= 4 is 31.8 Å². The van der Waals surface area contributed by atoms with Crippen molar-refractivity contribution in [1.29, 1.82) is 0 Å². The van der Waals surface area contributed by atoms with Crippen molar-refractivity contribution < 1.29 is 13.5 Å². The summed E-state index contributed by atoms with van der Waals surface area (Å²) in [5.41, 5.74) is 5.69. The van der Waals surface area contributed by atoms with Gasteiger partial charge < -0.3 is 10.8 Å². The average Bonchev–Trinajstić information content (AvgIpc) is 2.41. The first-order valence-corrected chi connectivity index (χ1v) is 8.65. The molecule has 0 aliphatic heterocycles. The number of sulfonamides is 1. The van der Waals surface area contributed by atoms with Gasteiger partial charge >= 0.3 is 0 Å². The van der Waals surface area contributed by atoms with Gasteiger partial charge in [0, 0.05) is 23.3 Å². The first kappa shape index (κ1) is 17.4. The second-order valence-electron chi connectivity index (χ2n) is 4.35. The molecule has 0 saturated heterocycles. The van der Waals surface area contributed by atoms with Gasteiger partial charge in [-0.2, -0.15) is 4.31 Å². The Labute approximate surface area is 128 Å². The van der Waals surface area contributed by atoms with Crippen molar-refractivity contribution in [1.82, 2.24) is 9.29 Å². The maximum absolute atomic E-state index is 12.7.